The molecule has 0 radical (unpaired) electrons. The first-order chi connectivity index (χ1) is 15.8. The van der Waals surface area contributed by atoms with Gasteiger partial charge in [0, 0.05) is 17.7 Å². The number of methoxy groups -OCH3 is 2. The zero-order chi connectivity index (χ0) is 23.7. The number of benzene rings is 2. The van der Waals surface area contributed by atoms with Gasteiger partial charge in [-0.3, -0.25) is 14.2 Å². The van der Waals surface area contributed by atoms with Crippen LogP contribution < -0.4 is 20.3 Å². The molecule has 0 saturated heterocycles. The fraction of sp³-hybridized carbons (Fsp3) is 0.400. The normalized spacial score (nSPS) is 20.4. The Morgan fingerprint density at radius 2 is 1.85 bits per heavy atom. The molecule has 1 heterocycles. The minimum Gasteiger partial charge on any atom is -0.493 e. The molecule has 0 bridgehead atoms. The lowest BCUT2D eigenvalue weighted by molar-refractivity contribution is 0.0891. The highest BCUT2D eigenvalue weighted by atomic mass is 32.1. The summed E-state index contributed by atoms with van der Waals surface area (Å²) in [5, 5.41) is 3.62. The van der Waals surface area contributed by atoms with Crippen molar-refractivity contribution < 1.29 is 14.3 Å². The van der Waals surface area contributed by atoms with Gasteiger partial charge in [0.15, 0.2) is 16.3 Å². The molecule has 3 aromatic rings. The smallest absolute Gasteiger partial charge is 0.266 e. The minimum atomic E-state index is -0.275. The van der Waals surface area contributed by atoms with E-state index in [4.69, 9.17) is 21.7 Å². The van der Waals surface area contributed by atoms with Gasteiger partial charge in [-0.2, -0.15) is 0 Å². The molecule has 7 nitrogen and oxygen atoms in total. The molecular weight excluding hydrogens is 438 g/mol. The number of amides is 1. The molecule has 1 fully saturated rings. The molecule has 3 atom stereocenters. The lowest BCUT2D eigenvalue weighted by atomic mass is 9.78. The summed E-state index contributed by atoms with van der Waals surface area (Å²) in [6, 6.07) is 10.4. The Kier molecular flexibility index (Phi) is 6.56. The monoisotopic (exact) mass is 467 g/mol. The number of carbonyl (C=O) groups is 1. The van der Waals surface area contributed by atoms with Crippen LogP contribution in [0.4, 0.5) is 0 Å². The van der Waals surface area contributed by atoms with Crippen LogP contribution in [0.3, 0.4) is 0 Å². The first kappa shape index (κ1) is 23.0. The highest BCUT2D eigenvalue weighted by Gasteiger charge is 2.28. The fourth-order valence-corrected chi connectivity index (χ4v) is 4.89. The average molecular weight is 468 g/mol. The maximum atomic E-state index is 13.3. The Hall–Kier alpha value is -3.13. The fourth-order valence-electron chi connectivity index (χ4n) is 4.60. The molecule has 174 valence electrons. The SMILES string of the molecule is COc1ccc(-n2c(=S)[nH]c3cc(C(=O)NC4CCCC(C)C4C)ccc3c2=O)cc1OC. The number of carbonyl (C=O) groups excluding carboxylic acids is 1. The van der Waals surface area contributed by atoms with Crippen molar-refractivity contribution >= 4 is 29.0 Å². The molecule has 1 aliphatic carbocycles. The van der Waals surface area contributed by atoms with E-state index < -0.39 is 0 Å². The van der Waals surface area contributed by atoms with E-state index >= 15 is 0 Å². The van der Waals surface area contributed by atoms with Gasteiger partial charge in [-0.15, -0.1) is 0 Å². The second-order valence-corrected chi connectivity index (χ2v) is 9.10. The van der Waals surface area contributed by atoms with Crippen molar-refractivity contribution in [3.05, 3.63) is 57.1 Å². The maximum Gasteiger partial charge on any atom is 0.266 e. The molecule has 33 heavy (non-hydrogen) atoms. The summed E-state index contributed by atoms with van der Waals surface area (Å²) < 4.78 is 12.3. The van der Waals surface area contributed by atoms with Crippen molar-refractivity contribution in [2.45, 2.75) is 39.2 Å². The Labute approximate surface area is 197 Å². The van der Waals surface area contributed by atoms with E-state index in [1.807, 2.05) is 0 Å². The first-order valence-electron chi connectivity index (χ1n) is 11.2. The molecule has 1 amide bonds. The zero-order valence-corrected chi connectivity index (χ0v) is 20.1. The zero-order valence-electron chi connectivity index (χ0n) is 19.3. The predicted molar refractivity (Wildman–Crippen MR) is 131 cm³/mol. The van der Waals surface area contributed by atoms with Crippen LogP contribution in [0.15, 0.2) is 41.2 Å². The van der Waals surface area contributed by atoms with E-state index in [-0.39, 0.29) is 22.3 Å². The molecule has 0 aliphatic heterocycles. The van der Waals surface area contributed by atoms with Crippen molar-refractivity contribution in [1.29, 1.82) is 0 Å². The highest BCUT2D eigenvalue weighted by Crippen LogP contribution is 2.30. The summed E-state index contributed by atoms with van der Waals surface area (Å²) in [4.78, 5) is 29.3. The Balaban J connectivity index is 1.69. The van der Waals surface area contributed by atoms with E-state index in [1.54, 1.807) is 43.5 Å². The molecule has 1 aromatic heterocycles. The third-order valence-electron chi connectivity index (χ3n) is 6.81. The largest absolute Gasteiger partial charge is 0.493 e. The van der Waals surface area contributed by atoms with Crippen molar-refractivity contribution in [3.8, 4) is 17.2 Å². The Bertz CT molecular complexity index is 1310. The third kappa shape index (κ3) is 4.39. The van der Waals surface area contributed by atoms with Crippen LogP contribution >= 0.6 is 12.2 Å². The molecule has 0 spiro atoms. The molecule has 1 saturated carbocycles. The summed E-state index contributed by atoms with van der Waals surface area (Å²) in [7, 11) is 3.09. The summed E-state index contributed by atoms with van der Waals surface area (Å²) in [5.74, 6) is 1.94. The number of H-pyrrole nitrogens is 1. The van der Waals surface area contributed by atoms with Crippen molar-refractivity contribution in [2.75, 3.05) is 14.2 Å². The van der Waals surface area contributed by atoms with Crippen LogP contribution in [0.2, 0.25) is 0 Å². The lowest BCUT2D eigenvalue weighted by Crippen LogP contribution is -2.43. The number of hydrogen-bond acceptors (Lipinski definition) is 5. The average Bonchev–Trinajstić information content (AvgIpc) is 2.81. The Morgan fingerprint density at radius 1 is 1.09 bits per heavy atom. The molecule has 2 aromatic carbocycles. The van der Waals surface area contributed by atoms with Crippen LogP contribution in [0, 0.1) is 16.6 Å². The number of aromatic nitrogens is 2. The van der Waals surface area contributed by atoms with Crippen LogP contribution in [-0.4, -0.2) is 35.7 Å². The lowest BCUT2D eigenvalue weighted by Gasteiger charge is -2.34. The summed E-state index contributed by atoms with van der Waals surface area (Å²) >= 11 is 5.49. The third-order valence-corrected chi connectivity index (χ3v) is 7.09. The van der Waals surface area contributed by atoms with Crippen LogP contribution in [0.1, 0.15) is 43.5 Å². The van der Waals surface area contributed by atoms with Crippen LogP contribution in [-0.2, 0) is 0 Å². The molecule has 2 N–H and O–H groups in total. The van der Waals surface area contributed by atoms with E-state index in [2.05, 4.69) is 24.1 Å². The van der Waals surface area contributed by atoms with Gasteiger partial charge < -0.3 is 19.8 Å². The number of ether oxygens (including phenoxy) is 2. The van der Waals surface area contributed by atoms with Crippen molar-refractivity contribution in [1.82, 2.24) is 14.9 Å². The number of rotatable bonds is 5. The summed E-state index contributed by atoms with van der Waals surface area (Å²) in [5.41, 5.74) is 1.31. The molecular formula is C25H29N3O4S. The summed E-state index contributed by atoms with van der Waals surface area (Å²) in [6.07, 6.45) is 3.31. The van der Waals surface area contributed by atoms with Crippen molar-refractivity contribution in [2.24, 2.45) is 11.8 Å². The van der Waals surface area contributed by atoms with E-state index in [9.17, 15) is 9.59 Å². The number of hydrogen-bond donors (Lipinski definition) is 2. The quantitative estimate of drug-likeness (QED) is 0.535. The van der Waals surface area contributed by atoms with Gasteiger partial charge in [0.1, 0.15) is 0 Å². The molecule has 8 heteroatoms. The van der Waals surface area contributed by atoms with Gasteiger partial charge in [-0.25, -0.2) is 0 Å². The van der Waals surface area contributed by atoms with Crippen molar-refractivity contribution in [3.63, 3.8) is 0 Å². The second-order valence-electron chi connectivity index (χ2n) is 8.72. The topological polar surface area (TPSA) is 85.4 Å². The maximum absolute atomic E-state index is 13.3. The van der Waals surface area contributed by atoms with Crippen LogP contribution in [0.5, 0.6) is 11.5 Å². The van der Waals surface area contributed by atoms with Gasteiger partial charge in [0.25, 0.3) is 11.5 Å². The standard InChI is InChI=1S/C25H29N3O4S/c1-14-6-5-7-19(15(14)2)26-23(29)16-8-10-18-20(12-16)27-25(33)28(24(18)30)17-9-11-21(31-3)22(13-17)32-4/h8-15,19H,5-7H2,1-4H3,(H,26,29)(H,27,33). The highest BCUT2D eigenvalue weighted by molar-refractivity contribution is 7.71. The van der Waals surface area contributed by atoms with Gasteiger partial charge in [0.05, 0.1) is 30.8 Å². The van der Waals surface area contributed by atoms with Gasteiger partial charge in [-0.05, 0) is 60.8 Å². The summed E-state index contributed by atoms with van der Waals surface area (Å²) in [6.45, 7) is 4.44. The number of fused-ring (bicyclic) bond motifs is 1. The van der Waals surface area contributed by atoms with E-state index in [0.717, 1.165) is 12.8 Å². The first-order valence-corrected chi connectivity index (χ1v) is 11.6. The van der Waals surface area contributed by atoms with E-state index in [1.165, 1.54) is 18.1 Å². The second kappa shape index (κ2) is 9.39. The Morgan fingerprint density at radius 3 is 2.58 bits per heavy atom. The molecule has 4 rings (SSSR count). The van der Waals surface area contributed by atoms with E-state index in [0.29, 0.717) is 45.5 Å². The van der Waals surface area contributed by atoms with Gasteiger partial charge in [0.2, 0.25) is 0 Å². The predicted octanol–water partition coefficient (Wildman–Crippen LogP) is 4.62. The minimum absolute atomic E-state index is 0.133. The number of nitrogens with one attached hydrogen (secondary N) is 2. The van der Waals surface area contributed by atoms with Gasteiger partial charge >= 0.3 is 0 Å². The number of aromatic amines is 1. The van der Waals surface area contributed by atoms with Crippen LogP contribution in [0.25, 0.3) is 16.6 Å². The molecule has 1 aliphatic rings. The molecule has 3 unspecified atom stereocenters. The van der Waals surface area contributed by atoms with Gasteiger partial charge in [-0.1, -0.05) is 26.7 Å². The number of nitrogens with zero attached hydrogens (tertiary/aromatic N) is 1.